The smallest absolute Gasteiger partial charge is 0.0635 e. The highest BCUT2D eigenvalue weighted by Gasteiger charge is 2.26. The third-order valence-corrected chi connectivity index (χ3v) is 4.24. The molecule has 0 saturated carbocycles. The molecule has 0 bridgehead atoms. The largest absolute Gasteiger partial charge is 0.383 e. The van der Waals surface area contributed by atoms with E-state index < -0.39 is 0 Å². The molecule has 1 heterocycles. The van der Waals surface area contributed by atoms with Gasteiger partial charge in [0.25, 0.3) is 0 Å². The van der Waals surface area contributed by atoms with Crippen LogP contribution in [-0.4, -0.2) is 37.7 Å². The van der Waals surface area contributed by atoms with Crippen molar-refractivity contribution < 1.29 is 4.74 Å². The molecule has 0 aliphatic heterocycles. The fourth-order valence-corrected chi connectivity index (χ4v) is 3.39. The first kappa shape index (κ1) is 16.1. The Morgan fingerprint density at radius 1 is 1.53 bits per heavy atom. The second-order valence-electron chi connectivity index (χ2n) is 4.71. The summed E-state index contributed by atoms with van der Waals surface area (Å²) in [7, 11) is 1.69. The van der Waals surface area contributed by atoms with Crippen molar-refractivity contribution in [2.45, 2.75) is 32.4 Å². The van der Waals surface area contributed by atoms with Gasteiger partial charge in [-0.25, -0.2) is 0 Å². The number of nitrogens with zero attached hydrogens (tertiary/aromatic N) is 2. The van der Waals surface area contributed by atoms with Crippen LogP contribution >= 0.6 is 11.3 Å². The maximum atomic E-state index is 8.81. The van der Waals surface area contributed by atoms with E-state index in [0.717, 1.165) is 13.1 Å². The minimum absolute atomic E-state index is 0.0212. The van der Waals surface area contributed by atoms with Gasteiger partial charge in [-0.1, -0.05) is 0 Å². The normalized spacial score (nSPS) is 14.3. The quantitative estimate of drug-likeness (QED) is 0.794. The van der Waals surface area contributed by atoms with Crippen LogP contribution in [0.25, 0.3) is 0 Å². The zero-order valence-electron chi connectivity index (χ0n) is 11.9. The highest BCUT2D eigenvalue weighted by atomic mass is 32.1. The number of aryl methyl sites for hydroxylation is 1. The average molecular weight is 281 g/mol. The Bertz CT molecular complexity index is 411. The second-order valence-corrected chi connectivity index (χ2v) is 5.66. The fraction of sp³-hybridized carbons (Fsp3) is 0.643. The van der Waals surface area contributed by atoms with Crippen LogP contribution in [0.3, 0.4) is 0 Å². The van der Waals surface area contributed by atoms with Crippen LogP contribution in [0.5, 0.6) is 0 Å². The van der Waals surface area contributed by atoms with E-state index in [1.807, 2.05) is 6.92 Å². The molecule has 2 N–H and O–H groups in total. The lowest BCUT2D eigenvalue weighted by atomic mass is 10.0. The van der Waals surface area contributed by atoms with Crippen molar-refractivity contribution in [2.75, 3.05) is 26.8 Å². The van der Waals surface area contributed by atoms with E-state index >= 15 is 0 Å². The van der Waals surface area contributed by atoms with E-state index in [9.17, 15) is 0 Å². The number of methoxy groups -OCH3 is 1. The maximum Gasteiger partial charge on any atom is 0.0635 e. The SMILES string of the molecule is COCCN(CCC#N)C(c1sccc1C)C(C)N. The minimum atomic E-state index is 0.0212. The van der Waals surface area contributed by atoms with Crippen LogP contribution in [0.2, 0.25) is 0 Å². The molecule has 0 spiro atoms. The van der Waals surface area contributed by atoms with Crippen molar-refractivity contribution >= 4 is 11.3 Å². The van der Waals surface area contributed by atoms with Crippen LogP contribution in [0.1, 0.15) is 29.8 Å². The Balaban J connectivity index is 2.91. The molecule has 106 valence electrons. The zero-order chi connectivity index (χ0) is 14.3. The van der Waals surface area contributed by atoms with Crippen LogP contribution < -0.4 is 5.73 Å². The molecule has 0 radical (unpaired) electrons. The highest BCUT2D eigenvalue weighted by Crippen LogP contribution is 2.30. The maximum absolute atomic E-state index is 8.81. The van der Waals surface area contributed by atoms with Gasteiger partial charge in [0.05, 0.1) is 18.7 Å². The third kappa shape index (κ3) is 4.59. The van der Waals surface area contributed by atoms with Crippen molar-refractivity contribution in [1.29, 1.82) is 5.26 Å². The molecule has 0 fully saturated rings. The van der Waals surface area contributed by atoms with E-state index in [4.69, 9.17) is 15.7 Å². The third-order valence-electron chi connectivity index (χ3n) is 3.16. The molecule has 0 aromatic carbocycles. The topological polar surface area (TPSA) is 62.3 Å². The average Bonchev–Trinajstić information content (AvgIpc) is 2.78. The summed E-state index contributed by atoms with van der Waals surface area (Å²) in [5, 5.41) is 10.9. The molecule has 5 heteroatoms. The molecule has 1 aromatic heterocycles. The summed E-state index contributed by atoms with van der Waals surface area (Å²) in [4.78, 5) is 3.56. The first-order valence-corrected chi connectivity index (χ1v) is 7.39. The molecule has 0 aliphatic rings. The number of thiophene rings is 1. The number of hydrogen-bond acceptors (Lipinski definition) is 5. The van der Waals surface area contributed by atoms with Gasteiger partial charge in [0.1, 0.15) is 0 Å². The van der Waals surface area contributed by atoms with E-state index in [0.29, 0.717) is 13.0 Å². The van der Waals surface area contributed by atoms with Crippen LogP contribution in [0.4, 0.5) is 0 Å². The monoisotopic (exact) mass is 281 g/mol. The number of nitriles is 1. The second kappa shape index (κ2) is 8.28. The number of hydrogen-bond donors (Lipinski definition) is 1. The van der Waals surface area contributed by atoms with E-state index in [1.165, 1.54) is 10.4 Å². The van der Waals surface area contributed by atoms with E-state index in [2.05, 4.69) is 29.3 Å². The molecule has 0 saturated heterocycles. The molecule has 1 rings (SSSR count). The van der Waals surface area contributed by atoms with Crippen molar-refractivity contribution in [3.05, 3.63) is 21.9 Å². The van der Waals surface area contributed by atoms with Crippen molar-refractivity contribution in [3.63, 3.8) is 0 Å². The van der Waals surface area contributed by atoms with Gasteiger partial charge in [-0.05, 0) is 30.9 Å². The fourth-order valence-electron chi connectivity index (χ4n) is 2.22. The molecule has 0 aliphatic carbocycles. The molecule has 4 nitrogen and oxygen atoms in total. The zero-order valence-corrected chi connectivity index (χ0v) is 12.7. The molecular weight excluding hydrogens is 258 g/mol. The predicted molar refractivity (Wildman–Crippen MR) is 79.1 cm³/mol. The Morgan fingerprint density at radius 2 is 2.26 bits per heavy atom. The Hall–Kier alpha value is -0.930. The van der Waals surface area contributed by atoms with Gasteiger partial charge in [-0.2, -0.15) is 5.26 Å². The number of nitrogens with two attached hydrogens (primary N) is 1. The van der Waals surface area contributed by atoms with Crippen LogP contribution in [-0.2, 0) is 4.74 Å². The van der Waals surface area contributed by atoms with Crippen molar-refractivity contribution in [1.82, 2.24) is 4.90 Å². The molecule has 2 unspecified atom stereocenters. The first-order valence-electron chi connectivity index (χ1n) is 6.51. The number of rotatable bonds is 8. The lowest BCUT2D eigenvalue weighted by Gasteiger charge is -2.33. The summed E-state index contributed by atoms with van der Waals surface area (Å²) in [5.41, 5.74) is 7.45. The number of ether oxygens (including phenoxy) is 1. The summed E-state index contributed by atoms with van der Waals surface area (Å²) >= 11 is 1.74. The van der Waals surface area contributed by atoms with Gasteiger partial charge < -0.3 is 10.5 Å². The van der Waals surface area contributed by atoms with Gasteiger partial charge in [-0.3, -0.25) is 4.90 Å². The Morgan fingerprint density at radius 3 is 2.74 bits per heavy atom. The summed E-state index contributed by atoms with van der Waals surface area (Å²) < 4.78 is 5.17. The summed E-state index contributed by atoms with van der Waals surface area (Å²) in [6, 6.07) is 4.50. The lowest BCUT2D eigenvalue weighted by Crippen LogP contribution is -2.41. The van der Waals surface area contributed by atoms with Crippen molar-refractivity contribution in [2.24, 2.45) is 5.73 Å². The van der Waals surface area contributed by atoms with Crippen LogP contribution in [0.15, 0.2) is 11.4 Å². The first-order chi connectivity index (χ1) is 9.11. The Kier molecular flexibility index (Phi) is 7.03. The van der Waals surface area contributed by atoms with Gasteiger partial charge in [0.2, 0.25) is 0 Å². The molecule has 2 atom stereocenters. The molecule has 19 heavy (non-hydrogen) atoms. The van der Waals surface area contributed by atoms with E-state index in [1.54, 1.807) is 18.4 Å². The summed E-state index contributed by atoms with van der Waals surface area (Å²) in [6.07, 6.45) is 0.511. The van der Waals surface area contributed by atoms with Gasteiger partial charge in [0, 0.05) is 37.5 Å². The molecule has 1 aromatic rings. The molecule has 0 amide bonds. The van der Waals surface area contributed by atoms with Gasteiger partial charge in [-0.15, -0.1) is 11.3 Å². The minimum Gasteiger partial charge on any atom is -0.383 e. The standard InChI is InChI=1S/C14H23N3OS/c1-11-5-10-19-14(11)13(12(2)16)17(7-4-6-15)8-9-18-3/h5,10,12-13H,4,7-9,16H2,1-3H3. The highest BCUT2D eigenvalue weighted by molar-refractivity contribution is 7.10. The van der Waals surface area contributed by atoms with Gasteiger partial charge in [0.15, 0.2) is 0 Å². The van der Waals surface area contributed by atoms with Crippen molar-refractivity contribution in [3.8, 4) is 6.07 Å². The molecular formula is C14H23N3OS. The van der Waals surface area contributed by atoms with E-state index in [-0.39, 0.29) is 12.1 Å². The van der Waals surface area contributed by atoms with Gasteiger partial charge >= 0.3 is 0 Å². The summed E-state index contributed by atoms with van der Waals surface area (Å²) in [6.45, 7) is 6.31. The van der Waals surface area contributed by atoms with Crippen LogP contribution in [0, 0.1) is 18.3 Å². The predicted octanol–water partition coefficient (Wildman–Crippen LogP) is 2.31. The Labute approximate surface area is 119 Å². The lowest BCUT2D eigenvalue weighted by molar-refractivity contribution is 0.113. The summed E-state index contributed by atoms with van der Waals surface area (Å²) in [5.74, 6) is 0.